The van der Waals surface area contributed by atoms with E-state index in [0.29, 0.717) is 28.5 Å². The van der Waals surface area contributed by atoms with E-state index in [-0.39, 0.29) is 5.91 Å². The molecule has 21 heavy (non-hydrogen) atoms. The number of carbonyl (C=O) groups excluding carboxylic acids is 1. The molecule has 2 rings (SSSR count). The Morgan fingerprint density at radius 3 is 2.38 bits per heavy atom. The lowest BCUT2D eigenvalue weighted by Gasteiger charge is -2.07. The summed E-state index contributed by atoms with van der Waals surface area (Å²) in [7, 11) is 3.05. The summed E-state index contributed by atoms with van der Waals surface area (Å²) in [5.41, 5.74) is 3.43. The number of ether oxygens (including phenoxy) is 2. The Morgan fingerprint density at radius 1 is 1.19 bits per heavy atom. The van der Waals surface area contributed by atoms with Gasteiger partial charge in [-0.15, -0.1) is 0 Å². The minimum atomic E-state index is -0.363. The first kappa shape index (κ1) is 14.6. The van der Waals surface area contributed by atoms with Crippen LogP contribution in [0.25, 0.3) is 0 Å². The molecule has 0 atom stereocenters. The van der Waals surface area contributed by atoms with Crippen LogP contribution >= 0.6 is 0 Å². The Bertz CT molecular complexity index is 625. The molecule has 0 saturated heterocycles. The van der Waals surface area contributed by atoms with E-state index in [2.05, 4.69) is 10.5 Å². The maximum absolute atomic E-state index is 12.1. The average molecular weight is 288 g/mol. The van der Waals surface area contributed by atoms with Gasteiger partial charge in [-0.05, 0) is 31.2 Å². The van der Waals surface area contributed by atoms with Crippen molar-refractivity contribution in [2.24, 2.45) is 5.10 Å². The van der Waals surface area contributed by atoms with Crippen LogP contribution in [-0.4, -0.2) is 25.8 Å². The van der Waals surface area contributed by atoms with Crippen molar-refractivity contribution in [2.75, 3.05) is 14.2 Å². The Kier molecular flexibility index (Phi) is 4.61. The van der Waals surface area contributed by atoms with Crippen molar-refractivity contribution in [3.63, 3.8) is 0 Å². The molecule has 0 unspecified atom stereocenters. The van der Waals surface area contributed by atoms with Crippen molar-refractivity contribution in [1.82, 2.24) is 5.43 Å². The predicted octanol–water partition coefficient (Wildman–Crippen LogP) is 2.45. The molecule has 0 bridgehead atoms. The lowest BCUT2D eigenvalue weighted by atomic mass is 10.2. The Morgan fingerprint density at radius 2 is 1.86 bits per heavy atom. The molecule has 0 aliphatic rings. The van der Waals surface area contributed by atoms with Gasteiger partial charge in [0.05, 0.1) is 20.5 Å². The first-order valence-corrected chi connectivity index (χ1v) is 6.25. The van der Waals surface area contributed by atoms with E-state index < -0.39 is 0 Å². The van der Waals surface area contributed by atoms with Crippen LogP contribution in [0.2, 0.25) is 0 Å². The Labute approximate surface area is 122 Å². The van der Waals surface area contributed by atoms with E-state index in [9.17, 15) is 4.79 Å². The summed E-state index contributed by atoms with van der Waals surface area (Å²) in [5.74, 6) is 1.30. The highest BCUT2D eigenvalue weighted by Crippen LogP contribution is 2.22. The number of methoxy groups -OCH3 is 2. The smallest absolute Gasteiger partial charge is 0.271 e. The number of rotatable bonds is 5. The number of furan rings is 1. The Balaban J connectivity index is 2.15. The molecule has 110 valence electrons. The number of nitrogens with zero attached hydrogens (tertiary/aromatic N) is 1. The van der Waals surface area contributed by atoms with Gasteiger partial charge in [-0.25, -0.2) is 5.43 Å². The highest BCUT2D eigenvalue weighted by molar-refractivity contribution is 5.99. The fourth-order valence-electron chi connectivity index (χ4n) is 1.68. The van der Waals surface area contributed by atoms with Crippen LogP contribution in [0.3, 0.4) is 0 Å². The number of hydrogen-bond donors (Lipinski definition) is 1. The third-order valence-electron chi connectivity index (χ3n) is 2.82. The van der Waals surface area contributed by atoms with Gasteiger partial charge in [0.2, 0.25) is 0 Å². The van der Waals surface area contributed by atoms with E-state index in [4.69, 9.17) is 13.9 Å². The van der Waals surface area contributed by atoms with Crippen LogP contribution in [0.1, 0.15) is 23.0 Å². The van der Waals surface area contributed by atoms with Gasteiger partial charge in [-0.2, -0.15) is 5.10 Å². The van der Waals surface area contributed by atoms with Crippen LogP contribution < -0.4 is 14.9 Å². The molecule has 1 heterocycles. The first-order chi connectivity index (χ1) is 10.1. The van der Waals surface area contributed by atoms with Gasteiger partial charge in [0.1, 0.15) is 23.0 Å². The summed E-state index contributed by atoms with van der Waals surface area (Å²) >= 11 is 0. The first-order valence-electron chi connectivity index (χ1n) is 6.25. The second-order valence-corrected chi connectivity index (χ2v) is 4.22. The van der Waals surface area contributed by atoms with E-state index in [1.165, 1.54) is 14.2 Å². The molecule has 1 aromatic carbocycles. The van der Waals surface area contributed by atoms with Crippen molar-refractivity contribution >= 4 is 11.6 Å². The van der Waals surface area contributed by atoms with Gasteiger partial charge in [0, 0.05) is 11.6 Å². The van der Waals surface area contributed by atoms with Gasteiger partial charge < -0.3 is 13.9 Å². The second-order valence-electron chi connectivity index (χ2n) is 4.22. The van der Waals surface area contributed by atoms with Gasteiger partial charge in [-0.3, -0.25) is 4.79 Å². The number of nitrogens with one attached hydrogen (secondary N) is 1. The predicted molar refractivity (Wildman–Crippen MR) is 77.9 cm³/mol. The molecule has 6 heteroatoms. The normalized spacial score (nSPS) is 11.1. The van der Waals surface area contributed by atoms with Crippen molar-refractivity contribution < 1.29 is 18.7 Å². The third-order valence-corrected chi connectivity index (χ3v) is 2.82. The van der Waals surface area contributed by atoms with Crippen LogP contribution in [0, 0.1) is 0 Å². The zero-order valence-corrected chi connectivity index (χ0v) is 12.0. The van der Waals surface area contributed by atoms with E-state index >= 15 is 0 Å². The van der Waals surface area contributed by atoms with Gasteiger partial charge >= 0.3 is 0 Å². The number of carbonyl (C=O) groups is 1. The van der Waals surface area contributed by atoms with Crippen molar-refractivity contribution in [3.05, 3.63) is 47.9 Å². The number of benzene rings is 1. The largest absolute Gasteiger partial charge is 0.497 e. The second kappa shape index (κ2) is 6.60. The van der Waals surface area contributed by atoms with Gasteiger partial charge in [0.15, 0.2) is 0 Å². The topological polar surface area (TPSA) is 73.1 Å². The number of amides is 1. The number of hydrogen-bond acceptors (Lipinski definition) is 5. The van der Waals surface area contributed by atoms with Gasteiger partial charge in [0.25, 0.3) is 5.91 Å². The lowest BCUT2D eigenvalue weighted by molar-refractivity contribution is 0.0954. The van der Waals surface area contributed by atoms with E-state index in [1.807, 2.05) is 0 Å². The summed E-state index contributed by atoms with van der Waals surface area (Å²) in [6.07, 6.45) is 1.54. The van der Waals surface area contributed by atoms with Crippen molar-refractivity contribution in [1.29, 1.82) is 0 Å². The Hall–Kier alpha value is -2.76. The molecule has 0 aliphatic heterocycles. The molecule has 0 radical (unpaired) electrons. The lowest BCUT2D eigenvalue weighted by Crippen LogP contribution is -2.19. The molecule has 0 fully saturated rings. The molecule has 1 N–H and O–H groups in total. The molecule has 1 aromatic heterocycles. The maximum Gasteiger partial charge on any atom is 0.271 e. The maximum atomic E-state index is 12.1. The highest BCUT2D eigenvalue weighted by Gasteiger charge is 2.10. The van der Waals surface area contributed by atoms with Crippen LogP contribution in [0.5, 0.6) is 11.5 Å². The molecule has 0 aliphatic carbocycles. The summed E-state index contributed by atoms with van der Waals surface area (Å²) in [6.45, 7) is 1.74. The molecule has 0 spiro atoms. The minimum absolute atomic E-state index is 0.363. The monoisotopic (exact) mass is 288 g/mol. The van der Waals surface area contributed by atoms with Crippen LogP contribution in [-0.2, 0) is 0 Å². The zero-order chi connectivity index (χ0) is 15.2. The molecule has 0 saturated carbocycles. The van der Waals surface area contributed by atoms with Crippen molar-refractivity contribution in [2.45, 2.75) is 6.92 Å². The fraction of sp³-hybridized carbons (Fsp3) is 0.200. The van der Waals surface area contributed by atoms with Crippen LogP contribution in [0.4, 0.5) is 0 Å². The van der Waals surface area contributed by atoms with E-state index in [0.717, 1.165) is 0 Å². The van der Waals surface area contributed by atoms with Gasteiger partial charge in [-0.1, -0.05) is 0 Å². The summed E-state index contributed by atoms with van der Waals surface area (Å²) in [6, 6.07) is 8.42. The molecular formula is C15H16N2O4. The summed E-state index contributed by atoms with van der Waals surface area (Å²) in [5, 5.41) is 4.00. The minimum Gasteiger partial charge on any atom is -0.497 e. The average Bonchev–Trinajstić information content (AvgIpc) is 3.06. The quantitative estimate of drug-likeness (QED) is 0.677. The molecule has 2 aromatic rings. The van der Waals surface area contributed by atoms with Crippen LogP contribution in [0.15, 0.2) is 46.1 Å². The summed E-state index contributed by atoms with van der Waals surface area (Å²) in [4.78, 5) is 12.1. The van der Waals surface area contributed by atoms with Crippen molar-refractivity contribution in [3.8, 4) is 11.5 Å². The molecule has 1 amide bonds. The fourth-order valence-corrected chi connectivity index (χ4v) is 1.68. The molecule has 6 nitrogen and oxygen atoms in total. The number of hydrazone groups is 1. The highest BCUT2D eigenvalue weighted by atomic mass is 16.5. The standard InChI is InChI=1S/C15H16N2O4/c1-10(14-5-4-6-21-14)16-17-15(18)11-7-12(19-2)9-13(8-11)20-3/h4-9H,1-3H3,(H,17,18)/b16-10+. The SMILES string of the molecule is COc1cc(OC)cc(C(=O)N/N=C(\C)c2ccco2)c1. The third kappa shape index (κ3) is 3.62. The molecular weight excluding hydrogens is 272 g/mol. The summed E-state index contributed by atoms with van der Waals surface area (Å²) < 4.78 is 15.4. The van der Waals surface area contributed by atoms with E-state index in [1.54, 1.807) is 43.5 Å². The zero-order valence-electron chi connectivity index (χ0n) is 12.0.